The first-order chi connectivity index (χ1) is 9.24. The summed E-state index contributed by atoms with van der Waals surface area (Å²) in [7, 11) is 3.65. The fourth-order valence-corrected chi connectivity index (χ4v) is 2.16. The first-order valence-corrected chi connectivity index (χ1v) is 6.30. The lowest BCUT2D eigenvalue weighted by atomic mass is 9.99. The van der Waals surface area contributed by atoms with Crippen LogP contribution in [0.15, 0.2) is 36.9 Å². The average Bonchev–Trinajstić information content (AvgIpc) is 2.46. The number of likely N-dealkylation sites (N-methyl/N-ethyl adjacent to an activating group) is 1. The van der Waals surface area contributed by atoms with Gasteiger partial charge in [-0.3, -0.25) is 0 Å². The highest BCUT2D eigenvalue weighted by molar-refractivity contribution is 5.38. The normalized spacial score (nSPS) is 12.2. The number of aryl methyl sites for hydroxylation is 1. The predicted molar refractivity (Wildman–Crippen MR) is 75.3 cm³/mol. The molecular weight excluding hydrogens is 238 g/mol. The van der Waals surface area contributed by atoms with Crippen molar-refractivity contribution in [2.24, 2.45) is 0 Å². The molecule has 0 aliphatic carbocycles. The van der Waals surface area contributed by atoms with Crippen LogP contribution in [0.5, 0.6) is 5.75 Å². The molecule has 0 fully saturated rings. The van der Waals surface area contributed by atoms with E-state index in [1.807, 2.05) is 25.5 Å². The summed E-state index contributed by atoms with van der Waals surface area (Å²) in [5.41, 5.74) is 3.49. The van der Waals surface area contributed by atoms with Crippen LogP contribution in [0.25, 0.3) is 0 Å². The van der Waals surface area contributed by atoms with Crippen LogP contribution < -0.4 is 10.1 Å². The van der Waals surface area contributed by atoms with Gasteiger partial charge in [-0.15, -0.1) is 0 Å². The summed E-state index contributed by atoms with van der Waals surface area (Å²) < 4.78 is 5.42. The van der Waals surface area contributed by atoms with E-state index in [0.29, 0.717) is 0 Å². The van der Waals surface area contributed by atoms with Gasteiger partial charge in [-0.1, -0.05) is 17.7 Å². The Bertz CT molecular complexity index is 528. The van der Waals surface area contributed by atoms with E-state index < -0.39 is 0 Å². The van der Waals surface area contributed by atoms with Crippen molar-refractivity contribution in [3.05, 3.63) is 53.6 Å². The van der Waals surface area contributed by atoms with Crippen LogP contribution in [-0.2, 0) is 6.42 Å². The average molecular weight is 257 g/mol. The third-order valence-electron chi connectivity index (χ3n) is 3.19. The number of methoxy groups -OCH3 is 1. The Hall–Kier alpha value is -1.94. The molecule has 0 spiro atoms. The minimum atomic E-state index is 0.178. The Labute approximate surface area is 113 Å². The highest BCUT2D eigenvalue weighted by Gasteiger charge is 2.13. The number of rotatable bonds is 5. The summed E-state index contributed by atoms with van der Waals surface area (Å²) in [6.45, 7) is 2.09. The SMILES string of the molecule is CNC(Cc1cc(C)ccc1OC)c1cncnc1. The lowest BCUT2D eigenvalue weighted by Gasteiger charge is -2.18. The summed E-state index contributed by atoms with van der Waals surface area (Å²) in [6, 6.07) is 6.41. The first-order valence-electron chi connectivity index (χ1n) is 6.30. The summed E-state index contributed by atoms with van der Waals surface area (Å²) in [5.74, 6) is 0.919. The molecule has 1 aromatic carbocycles. The Morgan fingerprint density at radius 2 is 2.00 bits per heavy atom. The van der Waals surface area contributed by atoms with Crippen molar-refractivity contribution in [3.8, 4) is 5.75 Å². The molecule has 100 valence electrons. The van der Waals surface area contributed by atoms with E-state index in [-0.39, 0.29) is 6.04 Å². The number of hydrogen-bond donors (Lipinski definition) is 1. The fraction of sp³-hybridized carbons (Fsp3) is 0.333. The molecule has 1 aromatic heterocycles. The van der Waals surface area contributed by atoms with Crippen LogP contribution in [0.2, 0.25) is 0 Å². The molecule has 19 heavy (non-hydrogen) atoms. The number of hydrogen-bond acceptors (Lipinski definition) is 4. The van der Waals surface area contributed by atoms with Crippen LogP contribution in [0.1, 0.15) is 22.7 Å². The van der Waals surface area contributed by atoms with Crippen molar-refractivity contribution in [1.82, 2.24) is 15.3 Å². The second-order valence-corrected chi connectivity index (χ2v) is 4.53. The summed E-state index contributed by atoms with van der Waals surface area (Å²) >= 11 is 0. The molecule has 2 aromatic rings. The van der Waals surface area contributed by atoms with Gasteiger partial charge in [0.1, 0.15) is 12.1 Å². The van der Waals surface area contributed by atoms with Gasteiger partial charge in [-0.05, 0) is 32.0 Å². The molecule has 0 saturated carbocycles. The zero-order valence-electron chi connectivity index (χ0n) is 11.6. The molecule has 0 radical (unpaired) electrons. The molecule has 0 saturated heterocycles. The van der Waals surface area contributed by atoms with Crippen LogP contribution in [0.4, 0.5) is 0 Å². The number of nitrogens with one attached hydrogen (secondary N) is 1. The molecule has 0 aliphatic rings. The highest BCUT2D eigenvalue weighted by atomic mass is 16.5. The lowest BCUT2D eigenvalue weighted by molar-refractivity contribution is 0.406. The van der Waals surface area contributed by atoms with Gasteiger partial charge in [0.05, 0.1) is 7.11 Å². The highest BCUT2D eigenvalue weighted by Crippen LogP contribution is 2.25. The van der Waals surface area contributed by atoms with Gasteiger partial charge in [0.2, 0.25) is 0 Å². The van der Waals surface area contributed by atoms with Gasteiger partial charge in [0.25, 0.3) is 0 Å². The minimum absolute atomic E-state index is 0.178. The predicted octanol–water partition coefficient (Wildman–Crippen LogP) is 2.30. The molecule has 2 rings (SSSR count). The molecular formula is C15H19N3O. The van der Waals surface area contributed by atoms with Crippen LogP contribution in [0, 0.1) is 6.92 Å². The van der Waals surface area contributed by atoms with E-state index in [2.05, 4.69) is 34.3 Å². The van der Waals surface area contributed by atoms with Crippen LogP contribution in [-0.4, -0.2) is 24.1 Å². The third kappa shape index (κ3) is 3.29. The zero-order valence-corrected chi connectivity index (χ0v) is 11.6. The van der Waals surface area contributed by atoms with Gasteiger partial charge >= 0.3 is 0 Å². The summed E-state index contributed by atoms with van der Waals surface area (Å²) in [6.07, 6.45) is 6.07. The monoisotopic (exact) mass is 257 g/mol. The van der Waals surface area contributed by atoms with Gasteiger partial charge in [-0.25, -0.2) is 9.97 Å². The number of nitrogens with zero attached hydrogens (tertiary/aromatic N) is 2. The Morgan fingerprint density at radius 3 is 2.63 bits per heavy atom. The smallest absolute Gasteiger partial charge is 0.122 e. The lowest BCUT2D eigenvalue weighted by Crippen LogP contribution is -2.19. The van der Waals surface area contributed by atoms with Gasteiger partial charge in [0, 0.05) is 24.0 Å². The van der Waals surface area contributed by atoms with Crippen molar-refractivity contribution in [1.29, 1.82) is 0 Å². The van der Waals surface area contributed by atoms with Crippen molar-refractivity contribution < 1.29 is 4.74 Å². The van der Waals surface area contributed by atoms with E-state index in [0.717, 1.165) is 17.7 Å². The molecule has 1 N–H and O–H groups in total. The van der Waals surface area contributed by atoms with Crippen LogP contribution in [0.3, 0.4) is 0 Å². The summed E-state index contributed by atoms with van der Waals surface area (Å²) in [5, 5.41) is 3.30. The minimum Gasteiger partial charge on any atom is -0.496 e. The van der Waals surface area contributed by atoms with Crippen molar-refractivity contribution in [3.63, 3.8) is 0 Å². The maximum atomic E-state index is 5.42. The third-order valence-corrected chi connectivity index (χ3v) is 3.19. The van der Waals surface area contributed by atoms with Crippen molar-refractivity contribution in [2.75, 3.05) is 14.2 Å². The van der Waals surface area contributed by atoms with E-state index in [1.54, 1.807) is 13.4 Å². The molecule has 1 atom stereocenters. The summed E-state index contributed by atoms with van der Waals surface area (Å²) in [4.78, 5) is 8.15. The van der Waals surface area contributed by atoms with E-state index in [4.69, 9.17) is 4.74 Å². The molecule has 0 amide bonds. The van der Waals surface area contributed by atoms with Gasteiger partial charge in [-0.2, -0.15) is 0 Å². The maximum absolute atomic E-state index is 5.42. The molecule has 1 heterocycles. The number of aromatic nitrogens is 2. The van der Waals surface area contributed by atoms with Crippen molar-refractivity contribution >= 4 is 0 Å². The number of ether oxygens (including phenoxy) is 1. The molecule has 4 heteroatoms. The maximum Gasteiger partial charge on any atom is 0.122 e. The number of benzene rings is 1. The van der Waals surface area contributed by atoms with E-state index >= 15 is 0 Å². The molecule has 1 unspecified atom stereocenters. The van der Waals surface area contributed by atoms with E-state index in [1.165, 1.54) is 11.1 Å². The van der Waals surface area contributed by atoms with Gasteiger partial charge < -0.3 is 10.1 Å². The zero-order chi connectivity index (χ0) is 13.7. The fourth-order valence-electron chi connectivity index (χ4n) is 2.16. The topological polar surface area (TPSA) is 47.0 Å². The molecule has 0 aliphatic heterocycles. The Kier molecular flexibility index (Phi) is 4.47. The van der Waals surface area contributed by atoms with Crippen molar-refractivity contribution in [2.45, 2.75) is 19.4 Å². The second-order valence-electron chi connectivity index (χ2n) is 4.53. The van der Waals surface area contributed by atoms with E-state index in [9.17, 15) is 0 Å². The molecule has 4 nitrogen and oxygen atoms in total. The quantitative estimate of drug-likeness (QED) is 0.892. The standard InChI is InChI=1S/C15H19N3O/c1-11-4-5-15(19-3)12(6-11)7-14(16-2)13-8-17-10-18-9-13/h4-6,8-10,14,16H,7H2,1-3H3. The largest absolute Gasteiger partial charge is 0.496 e. The second kappa shape index (κ2) is 6.29. The molecule has 0 bridgehead atoms. The first kappa shape index (κ1) is 13.5. The Morgan fingerprint density at radius 1 is 1.26 bits per heavy atom. The Balaban J connectivity index is 2.26. The van der Waals surface area contributed by atoms with Crippen LogP contribution >= 0.6 is 0 Å². The van der Waals surface area contributed by atoms with Gasteiger partial charge in [0.15, 0.2) is 0 Å².